The minimum atomic E-state index is -3.70. The lowest BCUT2D eigenvalue weighted by Gasteiger charge is -2.11. The highest BCUT2D eigenvalue weighted by atomic mass is 35.5. The van der Waals surface area contributed by atoms with Crippen LogP contribution in [0.4, 0.5) is 5.69 Å². The molecule has 0 bridgehead atoms. The molecule has 0 atom stereocenters. The summed E-state index contributed by atoms with van der Waals surface area (Å²) in [5.41, 5.74) is 1.78. The van der Waals surface area contributed by atoms with Gasteiger partial charge in [0.2, 0.25) is 20.0 Å². The Morgan fingerprint density at radius 3 is 2.07 bits per heavy atom. The summed E-state index contributed by atoms with van der Waals surface area (Å²) < 4.78 is 54.6. The zero-order valence-corrected chi connectivity index (χ0v) is 18.3. The molecule has 0 saturated carbocycles. The summed E-state index contributed by atoms with van der Waals surface area (Å²) in [7, 11) is -7.39. The SMILES string of the molecule is O=S(=O)(Cc1ccccc1Cl)Nc1ccc(S(=O)(=O)NCCc2ccccc2)cc1. The molecule has 158 valence electrons. The van der Waals surface area contributed by atoms with Gasteiger partial charge in [0, 0.05) is 17.3 Å². The second-order valence-corrected chi connectivity index (χ2v) is 10.5. The molecule has 30 heavy (non-hydrogen) atoms. The van der Waals surface area contributed by atoms with Crippen molar-refractivity contribution in [1.29, 1.82) is 0 Å². The maximum Gasteiger partial charge on any atom is 0.240 e. The van der Waals surface area contributed by atoms with Gasteiger partial charge in [0.25, 0.3) is 0 Å². The number of hydrogen-bond acceptors (Lipinski definition) is 4. The average molecular weight is 465 g/mol. The van der Waals surface area contributed by atoms with Crippen LogP contribution in [-0.4, -0.2) is 23.4 Å². The first-order chi connectivity index (χ1) is 14.3. The summed E-state index contributed by atoms with van der Waals surface area (Å²) in [6.07, 6.45) is 0.569. The van der Waals surface area contributed by atoms with Crippen molar-refractivity contribution >= 4 is 37.3 Å². The van der Waals surface area contributed by atoms with Crippen molar-refractivity contribution in [2.45, 2.75) is 17.1 Å². The van der Waals surface area contributed by atoms with Crippen LogP contribution in [0, 0.1) is 0 Å². The lowest BCUT2D eigenvalue weighted by Crippen LogP contribution is -2.26. The first-order valence-corrected chi connectivity index (χ1v) is 12.6. The van der Waals surface area contributed by atoms with Gasteiger partial charge in [0.1, 0.15) is 0 Å². The van der Waals surface area contributed by atoms with Gasteiger partial charge in [-0.05, 0) is 47.9 Å². The molecule has 0 aromatic heterocycles. The Labute approximate surface area is 182 Å². The average Bonchev–Trinajstić information content (AvgIpc) is 2.70. The molecule has 6 nitrogen and oxygen atoms in total. The van der Waals surface area contributed by atoms with E-state index in [0.29, 0.717) is 17.0 Å². The van der Waals surface area contributed by atoms with E-state index in [1.807, 2.05) is 30.3 Å². The van der Waals surface area contributed by atoms with Gasteiger partial charge >= 0.3 is 0 Å². The van der Waals surface area contributed by atoms with E-state index in [0.717, 1.165) is 5.56 Å². The van der Waals surface area contributed by atoms with Gasteiger partial charge in [-0.1, -0.05) is 60.1 Å². The summed E-state index contributed by atoms with van der Waals surface area (Å²) in [5, 5.41) is 0.367. The molecule has 0 radical (unpaired) electrons. The lowest BCUT2D eigenvalue weighted by molar-refractivity contribution is 0.581. The molecule has 0 fully saturated rings. The number of nitrogens with one attached hydrogen (secondary N) is 2. The van der Waals surface area contributed by atoms with Crippen molar-refractivity contribution in [3.05, 3.63) is 95.0 Å². The van der Waals surface area contributed by atoms with Crippen LogP contribution in [-0.2, 0) is 32.2 Å². The fourth-order valence-electron chi connectivity index (χ4n) is 2.80. The van der Waals surface area contributed by atoms with Gasteiger partial charge in [-0.25, -0.2) is 21.6 Å². The van der Waals surface area contributed by atoms with Crippen LogP contribution in [0.15, 0.2) is 83.8 Å². The molecule has 2 N–H and O–H groups in total. The van der Waals surface area contributed by atoms with Gasteiger partial charge in [0.05, 0.1) is 10.6 Å². The second-order valence-electron chi connectivity index (χ2n) is 6.61. The molecule has 3 aromatic rings. The van der Waals surface area contributed by atoms with Gasteiger partial charge in [-0.15, -0.1) is 0 Å². The van der Waals surface area contributed by atoms with E-state index in [9.17, 15) is 16.8 Å². The van der Waals surface area contributed by atoms with Gasteiger partial charge in [-0.2, -0.15) is 0 Å². The van der Waals surface area contributed by atoms with Crippen molar-refractivity contribution in [2.24, 2.45) is 0 Å². The number of halogens is 1. The normalized spacial score (nSPS) is 11.9. The molecule has 9 heteroatoms. The minimum Gasteiger partial charge on any atom is -0.283 e. The fourth-order valence-corrected chi connectivity index (χ4v) is 5.34. The largest absolute Gasteiger partial charge is 0.283 e. The van der Waals surface area contributed by atoms with E-state index in [1.165, 1.54) is 24.3 Å². The molecule has 0 aliphatic rings. The Morgan fingerprint density at radius 1 is 0.767 bits per heavy atom. The monoisotopic (exact) mass is 464 g/mol. The van der Waals surface area contributed by atoms with Crippen LogP contribution in [0.1, 0.15) is 11.1 Å². The molecule has 0 spiro atoms. The predicted octanol–water partition coefficient (Wildman–Crippen LogP) is 3.80. The number of sulfonamides is 2. The molecule has 0 saturated heterocycles. The first-order valence-electron chi connectivity index (χ1n) is 9.13. The maximum atomic E-state index is 12.4. The summed E-state index contributed by atoms with van der Waals surface area (Å²) in [6, 6.07) is 21.8. The van der Waals surface area contributed by atoms with Gasteiger partial charge in [-0.3, -0.25) is 4.72 Å². The molecular weight excluding hydrogens is 444 g/mol. The van der Waals surface area contributed by atoms with Crippen molar-refractivity contribution < 1.29 is 16.8 Å². The Morgan fingerprint density at radius 2 is 1.40 bits per heavy atom. The van der Waals surface area contributed by atoms with Crippen LogP contribution in [0.5, 0.6) is 0 Å². The molecule has 0 aliphatic carbocycles. The number of benzene rings is 3. The van der Waals surface area contributed by atoms with Crippen LogP contribution >= 0.6 is 11.6 Å². The van der Waals surface area contributed by atoms with Crippen molar-refractivity contribution in [3.8, 4) is 0 Å². The predicted molar refractivity (Wildman–Crippen MR) is 119 cm³/mol. The number of rotatable bonds is 9. The smallest absolute Gasteiger partial charge is 0.240 e. The second kappa shape index (κ2) is 9.61. The zero-order chi connectivity index (χ0) is 21.6. The van der Waals surface area contributed by atoms with Crippen molar-refractivity contribution in [3.63, 3.8) is 0 Å². The summed E-state index contributed by atoms with van der Waals surface area (Å²) >= 11 is 6.02. The molecule has 0 amide bonds. The topological polar surface area (TPSA) is 92.3 Å². The summed E-state index contributed by atoms with van der Waals surface area (Å²) in [6.45, 7) is 0.262. The fraction of sp³-hybridized carbons (Fsp3) is 0.143. The molecule has 0 unspecified atom stereocenters. The molecule has 0 aliphatic heterocycles. The first kappa shape index (κ1) is 22.3. The van der Waals surface area contributed by atoms with Crippen LogP contribution in [0.25, 0.3) is 0 Å². The van der Waals surface area contributed by atoms with Crippen LogP contribution in [0.2, 0.25) is 5.02 Å². The van der Waals surface area contributed by atoms with Crippen molar-refractivity contribution in [2.75, 3.05) is 11.3 Å². The highest BCUT2D eigenvalue weighted by Crippen LogP contribution is 2.20. The van der Waals surface area contributed by atoms with E-state index in [1.54, 1.807) is 24.3 Å². The van der Waals surface area contributed by atoms with E-state index in [2.05, 4.69) is 9.44 Å². The quantitative estimate of drug-likeness (QED) is 0.503. The lowest BCUT2D eigenvalue weighted by atomic mass is 10.2. The minimum absolute atomic E-state index is 0.0598. The van der Waals surface area contributed by atoms with Crippen LogP contribution in [0.3, 0.4) is 0 Å². The third-order valence-corrected chi connectivity index (χ3v) is 7.37. The maximum absolute atomic E-state index is 12.4. The van der Waals surface area contributed by atoms with Crippen molar-refractivity contribution in [1.82, 2.24) is 4.72 Å². The highest BCUT2D eigenvalue weighted by molar-refractivity contribution is 7.92. The highest BCUT2D eigenvalue weighted by Gasteiger charge is 2.16. The Hall–Kier alpha value is -2.39. The van der Waals surface area contributed by atoms with Crippen LogP contribution < -0.4 is 9.44 Å². The van der Waals surface area contributed by atoms with E-state index in [-0.39, 0.29) is 22.9 Å². The molecule has 0 heterocycles. The standard InChI is InChI=1S/C21H21ClN2O4S2/c22-21-9-5-4-8-18(21)16-29(25,26)24-19-10-12-20(13-11-19)30(27,28)23-15-14-17-6-2-1-3-7-17/h1-13,23-24H,14-16H2. The summed E-state index contributed by atoms with van der Waals surface area (Å²) in [5.74, 6) is -0.284. The number of hydrogen-bond donors (Lipinski definition) is 2. The van der Waals surface area contributed by atoms with E-state index >= 15 is 0 Å². The third-order valence-electron chi connectivity index (χ3n) is 4.29. The van der Waals surface area contributed by atoms with E-state index < -0.39 is 20.0 Å². The zero-order valence-electron chi connectivity index (χ0n) is 16.0. The number of anilines is 1. The summed E-state index contributed by atoms with van der Waals surface area (Å²) in [4.78, 5) is 0.0598. The van der Waals surface area contributed by atoms with Gasteiger partial charge < -0.3 is 0 Å². The molecular formula is C21H21ClN2O4S2. The van der Waals surface area contributed by atoms with E-state index in [4.69, 9.17) is 11.6 Å². The molecule has 3 aromatic carbocycles. The Bertz CT molecular complexity index is 1200. The molecule has 3 rings (SSSR count). The van der Waals surface area contributed by atoms with Gasteiger partial charge in [0.15, 0.2) is 0 Å². The Balaban J connectivity index is 1.61. The third kappa shape index (κ3) is 6.30. The Kier molecular flexibility index (Phi) is 7.14.